The molecule has 1 heterocycles. The number of amides is 2. The first-order chi connectivity index (χ1) is 14.1. The Morgan fingerprint density at radius 3 is 2.52 bits per heavy atom. The number of guanidine groups is 1. The van der Waals surface area contributed by atoms with E-state index in [0.717, 1.165) is 18.6 Å². The Balaban J connectivity index is 1.62. The summed E-state index contributed by atoms with van der Waals surface area (Å²) in [5, 5.41) is 5.48. The Hall–Kier alpha value is -3.56. The fourth-order valence-corrected chi connectivity index (χ4v) is 2.36. The maximum atomic E-state index is 12.1. The molecule has 0 atom stereocenters. The molecule has 7 N–H and O–H groups in total. The van der Waals surface area contributed by atoms with Gasteiger partial charge < -0.3 is 31.8 Å². The summed E-state index contributed by atoms with van der Waals surface area (Å²) in [6.45, 7) is 1.91. The number of aromatic amines is 1. The number of H-pyrrole nitrogens is 1. The molecule has 0 saturated carbocycles. The van der Waals surface area contributed by atoms with Crippen LogP contribution in [-0.4, -0.2) is 54.0 Å². The summed E-state index contributed by atoms with van der Waals surface area (Å²) in [6.07, 6.45) is 3.47. The molecule has 29 heavy (non-hydrogen) atoms. The zero-order valence-corrected chi connectivity index (χ0v) is 16.2. The first-order valence-electron chi connectivity index (χ1n) is 9.41. The first-order valence-corrected chi connectivity index (χ1v) is 9.41. The molecule has 0 bridgehead atoms. The van der Waals surface area contributed by atoms with E-state index in [-0.39, 0.29) is 29.3 Å². The zero-order chi connectivity index (χ0) is 20.9. The Morgan fingerprint density at radius 2 is 1.76 bits per heavy atom. The molecule has 2 aromatic rings. The van der Waals surface area contributed by atoms with E-state index in [1.54, 1.807) is 0 Å². The lowest BCUT2D eigenvalue weighted by molar-refractivity contribution is 0.0942. The number of aromatic nitrogens is 2. The molecule has 1 aromatic heterocycles. The van der Waals surface area contributed by atoms with Crippen LogP contribution in [0.3, 0.4) is 0 Å². The van der Waals surface area contributed by atoms with Crippen LogP contribution in [0.4, 0.5) is 0 Å². The van der Waals surface area contributed by atoms with Gasteiger partial charge in [0.15, 0.2) is 11.8 Å². The van der Waals surface area contributed by atoms with Crippen LogP contribution in [0, 0.1) is 0 Å². The van der Waals surface area contributed by atoms with Gasteiger partial charge in [0.25, 0.3) is 11.8 Å². The second-order valence-electron chi connectivity index (χ2n) is 6.19. The number of nitrogens with two attached hydrogens (primary N) is 2. The van der Waals surface area contributed by atoms with Crippen LogP contribution < -0.4 is 26.8 Å². The van der Waals surface area contributed by atoms with Crippen molar-refractivity contribution >= 4 is 17.8 Å². The molecular weight excluding hydrogens is 374 g/mol. The highest BCUT2D eigenvalue weighted by molar-refractivity contribution is 5.95. The van der Waals surface area contributed by atoms with E-state index >= 15 is 0 Å². The standard InChI is InChI=1S/C19H27N7O3/c20-19(21)24-10-5-4-9-22-17(27)15-13-25-16(26-15)18(28)23-11-6-12-29-14-7-2-1-3-8-14/h1-3,7-8,13H,4-6,9-12H2,(H,22,27)(H,23,28)(H,25,26)(H4,20,21,24). The highest BCUT2D eigenvalue weighted by Gasteiger charge is 2.13. The van der Waals surface area contributed by atoms with Gasteiger partial charge in [-0.25, -0.2) is 4.98 Å². The second-order valence-corrected chi connectivity index (χ2v) is 6.19. The Kier molecular flexibility index (Phi) is 9.00. The summed E-state index contributed by atoms with van der Waals surface area (Å²) in [4.78, 5) is 34.7. The Bertz CT molecular complexity index is 801. The van der Waals surface area contributed by atoms with E-state index in [4.69, 9.17) is 16.2 Å². The van der Waals surface area contributed by atoms with Crippen molar-refractivity contribution in [2.24, 2.45) is 16.5 Å². The van der Waals surface area contributed by atoms with Crippen molar-refractivity contribution in [2.45, 2.75) is 19.3 Å². The SMILES string of the molecule is NC(N)=NCCCCNC(=O)c1cnc(C(=O)NCCCOc2ccccc2)[nH]1. The minimum absolute atomic E-state index is 0.0565. The quantitative estimate of drug-likeness (QED) is 0.196. The van der Waals surface area contributed by atoms with Gasteiger partial charge in [-0.05, 0) is 31.4 Å². The molecule has 0 fully saturated rings. The van der Waals surface area contributed by atoms with Crippen LogP contribution in [0.25, 0.3) is 0 Å². The van der Waals surface area contributed by atoms with Crippen molar-refractivity contribution in [3.05, 3.63) is 48.0 Å². The number of carbonyl (C=O) groups excluding carboxylic acids is 2. The van der Waals surface area contributed by atoms with Gasteiger partial charge in [-0.15, -0.1) is 0 Å². The highest BCUT2D eigenvalue weighted by Crippen LogP contribution is 2.08. The second kappa shape index (κ2) is 12.0. The van der Waals surface area contributed by atoms with Gasteiger partial charge in [-0.1, -0.05) is 18.2 Å². The van der Waals surface area contributed by atoms with Crippen LogP contribution >= 0.6 is 0 Å². The lowest BCUT2D eigenvalue weighted by Crippen LogP contribution is -2.27. The van der Waals surface area contributed by atoms with Gasteiger partial charge in [0.05, 0.1) is 12.8 Å². The van der Waals surface area contributed by atoms with Crippen LogP contribution in [0.15, 0.2) is 41.5 Å². The third kappa shape index (κ3) is 8.33. The number of hydrogen-bond acceptors (Lipinski definition) is 5. The minimum Gasteiger partial charge on any atom is -0.494 e. The van der Waals surface area contributed by atoms with Crippen LogP contribution in [0.1, 0.15) is 40.4 Å². The molecule has 1 aromatic carbocycles. The average molecular weight is 401 g/mol. The number of imidazole rings is 1. The fourth-order valence-electron chi connectivity index (χ4n) is 2.36. The highest BCUT2D eigenvalue weighted by atomic mass is 16.5. The molecule has 10 heteroatoms. The number of para-hydroxylation sites is 1. The smallest absolute Gasteiger partial charge is 0.287 e. The Morgan fingerprint density at radius 1 is 1.03 bits per heavy atom. The van der Waals surface area contributed by atoms with Crippen LogP contribution in [0.2, 0.25) is 0 Å². The molecule has 0 aliphatic carbocycles. The topological polar surface area (TPSA) is 161 Å². The molecule has 0 aliphatic heterocycles. The number of rotatable bonds is 12. The largest absolute Gasteiger partial charge is 0.494 e. The van der Waals surface area contributed by atoms with Crippen molar-refractivity contribution in [1.82, 2.24) is 20.6 Å². The van der Waals surface area contributed by atoms with Crippen molar-refractivity contribution < 1.29 is 14.3 Å². The number of benzene rings is 1. The normalized spacial score (nSPS) is 10.2. The van der Waals surface area contributed by atoms with Crippen molar-refractivity contribution in [3.8, 4) is 5.75 Å². The lowest BCUT2D eigenvalue weighted by atomic mass is 10.3. The van der Waals surface area contributed by atoms with Gasteiger partial charge in [0.1, 0.15) is 11.4 Å². The molecule has 0 saturated heterocycles. The van der Waals surface area contributed by atoms with Gasteiger partial charge in [-0.2, -0.15) is 0 Å². The molecule has 0 spiro atoms. The fraction of sp³-hybridized carbons (Fsp3) is 0.368. The summed E-state index contributed by atoms with van der Waals surface area (Å²) >= 11 is 0. The minimum atomic E-state index is -0.374. The summed E-state index contributed by atoms with van der Waals surface area (Å²) < 4.78 is 5.56. The van der Waals surface area contributed by atoms with Crippen molar-refractivity contribution in [1.29, 1.82) is 0 Å². The van der Waals surface area contributed by atoms with Crippen molar-refractivity contribution in [2.75, 3.05) is 26.2 Å². The van der Waals surface area contributed by atoms with Crippen LogP contribution in [-0.2, 0) is 0 Å². The number of carbonyl (C=O) groups is 2. The number of nitrogens with one attached hydrogen (secondary N) is 3. The van der Waals surface area contributed by atoms with Gasteiger partial charge in [0.2, 0.25) is 0 Å². The van der Waals surface area contributed by atoms with E-state index < -0.39 is 0 Å². The Labute approximate surface area is 169 Å². The third-order valence-corrected chi connectivity index (χ3v) is 3.82. The summed E-state index contributed by atoms with van der Waals surface area (Å²) in [7, 11) is 0. The average Bonchev–Trinajstić information content (AvgIpc) is 3.21. The molecule has 156 valence electrons. The molecule has 2 amide bonds. The molecule has 10 nitrogen and oxygen atoms in total. The molecular formula is C19H27N7O3. The number of nitrogens with zero attached hydrogens (tertiary/aromatic N) is 2. The zero-order valence-electron chi connectivity index (χ0n) is 16.2. The maximum absolute atomic E-state index is 12.1. The van der Waals surface area contributed by atoms with E-state index in [0.29, 0.717) is 32.7 Å². The predicted octanol–water partition coefficient (Wildman–Crippen LogP) is 0.392. The number of hydrogen-bond donors (Lipinski definition) is 5. The monoisotopic (exact) mass is 401 g/mol. The summed E-state index contributed by atoms with van der Waals surface area (Å²) in [6, 6.07) is 9.46. The third-order valence-electron chi connectivity index (χ3n) is 3.82. The molecule has 0 aliphatic rings. The molecule has 2 rings (SSSR count). The number of aliphatic imine (C=N–C) groups is 1. The lowest BCUT2D eigenvalue weighted by Gasteiger charge is -2.06. The number of ether oxygens (including phenoxy) is 1. The van der Waals surface area contributed by atoms with Gasteiger partial charge in [0, 0.05) is 19.6 Å². The number of unbranched alkanes of at least 4 members (excludes halogenated alkanes) is 1. The molecule has 0 radical (unpaired) electrons. The van der Waals surface area contributed by atoms with Crippen LogP contribution in [0.5, 0.6) is 5.75 Å². The van der Waals surface area contributed by atoms with Gasteiger partial charge >= 0.3 is 0 Å². The van der Waals surface area contributed by atoms with E-state index in [1.165, 1.54) is 6.20 Å². The van der Waals surface area contributed by atoms with E-state index in [1.807, 2.05) is 30.3 Å². The first kappa shape index (κ1) is 21.7. The predicted molar refractivity (Wildman–Crippen MR) is 110 cm³/mol. The van der Waals surface area contributed by atoms with E-state index in [9.17, 15) is 9.59 Å². The summed E-state index contributed by atoms with van der Waals surface area (Å²) in [5.41, 5.74) is 10.7. The molecule has 0 unspecified atom stereocenters. The maximum Gasteiger partial charge on any atom is 0.287 e. The summed E-state index contributed by atoms with van der Waals surface area (Å²) in [5.74, 6) is 0.236. The van der Waals surface area contributed by atoms with Gasteiger partial charge in [-0.3, -0.25) is 14.6 Å². The van der Waals surface area contributed by atoms with Crippen molar-refractivity contribution in [3.63, 3.8) is 0 Å². The van der Waals surface area contributed by atoms with E-state index in [2.05, 4.69) is 25.6 Å².